The fourth-order valence-corrected chi connectivity index (χ4v) is 4.58. The molecule has 5 rings (SSSR count). The van der Waals surface area contributed by atoms with Gasteiger partial charge in [0.05, 0.1) is 11.9 Å². The summed E-state index contributed by atoms with van der Waals surface area (Å²) >= 11 is 0. The van der Waals surface area contributed by atoms with Gasteiger partial charge in [0.2, 0.25) is 11.9 Å². The Hall–Kier alpha value is -2.74. The maximum Gasteiger partial charge on any atom is 0.224 e. The fourth-order valence-electron chi connectivity index (χ4n) is 4.58. The Morgan fingerprint density at radius 1 is 1.03 bits per heavy atom. The SMILES string of the molecule is C.CN1CCC(Nc2ncc3nc(Nc4ccccc4F)n(C4CCCC4)c3n2)CC1. The molecule has 31 heavy (non-hydrogen) atoms. The molecule has 3 heterocycles. The normalized spacial score (nSPS) is 18.3. The van der Waals surface area contributed by atoms with E-state index in [1.165, 1.54) is 18.9 Å². The summed E-state index contributed by atoms with van der Waals surface area (Å²) in [6.45, 7) is 2.16. The van der Waals surface area contributed by atoms with Crippen molar-refractivity contribution in [3.63, 3.8) is 0 Å². The van der Waals surface area contributed by atoms with E-state index in [0.29, 0.717) is 29.7 Å². The third-order valence-corrected chi connectivity index (χ3v) is 6.29. The Bertz CT molecular complexity index is 1020. The Labute approximate surface area is 183 Å². The predicted octanol–water partition coefficient (Wildman–Crippen LogP) is 4.97. The first-order valence-electron chi connectivity index (χ1n) is 10.9. The van der Waals surface area contributed by atoms with Gasteiger partial charge in [0.15, 0.2) is 5.65 Å². The van der Waals surface area contributed by atoms with Crippen molar-refractivity contribution < 1.29 is 4.39 Å². The average Bonchev–Trinajstić information content (AvgIpc) is 3.38. The third-order valence-electron chi connectivity index (χ3n) is 6.29. The number of para-hydroxylation sites is 1. The van der Waals surface area contributed by atoms with Crippen LogP contribution in [0.1, 0.15) is 52.0 Å². The second-order valence-electron chi connectivity index (χ2n) is 8.47. The molecule has 0 radical (unpaired) electrons. The minimum Gasteiger partial charge on any atom is -0.351 e. The van der Waals surface area contributed by atoms with Crippen LogP contribution in [-0.2, 0) is 0 Å². The lowest BCUT2D eigenvalue weighted by Crippen LogP contribution is -2.37. The first-order valence-corrected chi connectivity index (χ1v) is 10.9. The van der Waals surface area contributed by atoms with E-state index in [4.69, 9.17) is 9.97 Å². The van der Waals surface area contributed by atoms with Crippen LogP contribution in [0.25, 0.3) is 11.2 Å². The molecule has 166 valence electrons. The Kier molecular flexibility index (Phi) is 6.36. The van der Waals surface area contributed by atoms with E-state index < -0.39 is 0 Å². The molecule has 3 aromatic rings. The summed E-state index contributed by atoms with van der Waals surface area (Å²) in [4.78, 5) is 16.4. The molecule has 2 aromatic heterocycles. The highest BCUT2D eigenvalue weighted by Gasteiger charge is 2.25. The number of nitrogens with one attached hydrogen (secondary N) is 2. The van der Waals surface area contributed by atoms with E-state index in [9.17, 15) is 4.39 Å². The summed E-state index contributed by atoms with van der Waals surface area (Å²) in [5.41, 5.74) is 1.96. The predicted molar refractivity (Wildman–Crippen MR) is 123 cm³/mol. The van der Waals surface area contributed by atoms with E-state index >= 15 is 0 Å². The zero-order valence-electron chi connectivity index (χ0n) is 17.3. The Morgan fingerprint density at radius 2 is 1.77 bits per heavy atom. The van der Waals surface area contributed by atoms with Crippen molar-refractivity contribution in [3.05, 3.63) is 36.3 Å². The number of halogens is 1. The highest BCUT2D eigenvalue weighted by molar-refractivity contribution is 5.76. The fraction of sp³-hybridized carbons (Fsp3) is 0.522. The van der Waals surface area contributed by atoms with E-state index in [0.717, 1.165) is 49.9 Å². The van der Waals surface area contributed by atoms with Crippen LogP contribution in [0.2, 0.25) is 0 Å². The van der Waals surface area contributed by atoms with Gasteiger partial charge in [0.25, 0.3) is 0 Å². The zero-order valence-corrected chi connectivity index (χ0v) is 17.3. The molecule has 1 saturated heterocycles. The summed E-state index contributed by atoms with van der Waals surface area (Å²) in [5.74, 6) is 0.986. The summed E-state index contributed by atoms with van der Waals surface area (Å²) in [6.07, 6.45) is 8.49. The molecule has 1 aliphatic heterocycles. The van der Waals surface area contributed by atoms with Gasteiger partial charge in [-0.3, -0.25) is 4.57 Å². The second kappa shape index (κ2) is 9.18. The minimum atomic E-state index is -0.293. The zero-order chi connectivity index (χ0) is 20.5. The van der Waals surface area contributed by atoms with Crippen molar-refractivity contribution in [2.24, 2.45) is 0 Å². The van der Waals surface area contributed by atoms with Crippen molar-refractivity contribution in [1.29, 1.82) is 0 Å². The number of fused-ring (bicyclic) bond motifs is 1. The van der Waals surface area contributed by atoms with E-state index in [2.05, 4.69) is 32.1 Å². The van der Waals surface area contributed by atoms with E-state index in [1.807, 2.05) is 6.07 Å². The minimum absolute atomic E-state index is 0. The van der Waals surface area contributed by atoms with Crippen molar-refractivity contribution in [2.45, 2.75) is 58.0 Å². The molecule has 1 saturated carbocycles. The number of hydrogen-bond acceptors (Lipinski definition) is 6. The van der Waals surface area contributed by atoms with Gasteiger partial charge in [0.1, 0.15) is 11.3 Å². The van der Waals surface area contributed by atoms with E-state index in [1.54, 1.807) is 18.3 Å². The van der Waals surface area contributed by atoms with Crippen LogP contribution in [-0.4, -0.2) is 50.6 Å². The quantitative estimate of drug-likeness (QED) is 0.602. The molecule has 0 atom stereocenters. The van der Waals surface area contributed by atoms with Crippen LogP contribution in [0.4, 0.5) is 22.0 Å². The smallest absolute Gasteiger partial charge is 0.224 e. The van der Waals surface area contributed by atoms with Crippen molar-refractivity contribution in [1.82, 2.24) is 24.4 Å². The average molecular weight is 426 g/mol. The van der Waals surface area contributed by atoms with Crippen molar-refractivity contribution >= 4 is 28.7 Å². The molecular formula is C23H32FN7. The van der Waals surface area contributed by atoms with Crippen LogP contribution < -0.4 is 10.6 Å². The Balaban J connectivity index is 0.00000231. The molecule has 2 fully saturated rings. The number of aromatic nitrogens is 4. The highest BCUT2D eigenvalue weighted by atomic mass is 19.1. The molecule has 7 nitrogen and oxygen atoms in total. The number of imidazole rings is 1. The van der Waals surface area contributed by atoms with Crippen LogP contribution in [0.3, 0.4) is 0 Å². The second-order valence-corrected chi connectivity index (χ2v) is 8.47. The monoisotopic (exact) mass is 425 g/mol. The van der Waals surface area contributed by atoms with Gasteiger partial charge in [-0.1, -0.05) is 32.4 Å². The summed E-state index contributed by atoms with van der Waals surface area (Å²) < 4.78 is 16.4. The number of anilines is 3. The maximum atomic E-state index is 14.3. The van der Waals surface area contributed by atoms with Crippen LogP contribution in [0.15, 0.2) is 30.5 Å². The van der Waals surface area contributed by atoms with Crippen molar-refractivity contribution in [2.75, 3.05) is 30.8 Å². The first kappa shape index (κ1) is 21.5. The maximum absolute atomic E-state index is 14.3. The topological polar surface area (TPSA) is 70.9 Å². The lowest BCUT2D eigenvalue weighted by molar-refractivity contribution is 0.263. The van der Waals surface area contributed by atoms with Crippen molar-refractivity contribution in [3.8, 4) is 0 Å². The third kappa shape index (κ3) is 4.49. The largest absolute Gasteiger partial charge is 0.351 e. The summed E-state index contributed by atoms with van der Waals surface area (Å²) in [5, 5.41) is 6.71. The number of rotatable bonds is 5. The first-order chi connectivity index (χ1) is 14.7. The van der Waals surface area contributed by atoms with Gasteiger partial charge >= 0.3 is 0 Å². The number of piperidine rings is 1. The molecule has 0 unspecified atom stereocenters. The number of benzene rings is 1. The van der Waals surface area contributed by atoms with Gasteiger partial charge in [-0.25, -0.2) is 14.4 Å². The molecule has 0 spiro atoms. The van der Waals surface area contributed by atoms with Gasteiger partial charge in [-0.05, 0) is 58.0 Å². The van der Waals surface area contributed by atoms with Crippen LogP contribution >= 0.6 is 0 Å². The van der Waals surface area contributed by atoms with Gasteiger partial charge in [-0.15, -0.1) is 0 Å². The molecule has 0 amide bonds. The molecule has 1 aromatic carbocycles. The summed E-state index contributed by atoms with van der Waals surface area (Å²) in [6, 6.07) is 7.39. The lowest BCUT2D eigenvalue weighted by Gasteiger charge is -2.29. The lowest BCUT2D eigenvalue weighted by atomic mass is 10.1. The van der Waals surface area contributed by atoms with Gasteiger partial charge < -0.3 is 15.5 Å². The van der Waals surface area contributed by atoms with Crippen LogP contribution in [0.5, 0.6) is 0 Å². The molecule has 2 aliphatic rings. The van der Waals surface area contributed by atoms with Gasteiger partial charge in [-0.2, -0.15) is 4.98 Å². The number of nitrogens with zero attached hydrogens (tertiary/aromatic N) is 5. The summed E-state index contributed by atoms with van der Waals surface area (Å²) in [7, 11) is 2.16. The molecular weight excluding hydrogens is 393 g/mol. The Morgan fingerprint density at radius 3 is 2.52 bits per heavy atom. The molecule has 0 bridgehead atoms. The number of hydrogen-bond donors (Lipinski definition) is 2. The standard InChI is InChI=1S/C22H28FN7.CH4/c1-29-12-10-15(11-13-29)25-21-24-14-19-20(28-21)30(16-6-2-3-7-16)22(27-19)26-18-9-5-4-8-17(18)23;/h4-5,8-9,14-16H,2-3,6-7,10-13H2,1H3,(H,26,27)(H,24,25,28);1H4. The van der Waals surface area contributed by atoms with E-state index in [-0.39, 0.29) is 13.2 Å². The molecule has 1 aliphatic carbocycles. The highest BCUT2D eigenvalue weighted by Crippen LogP contribution is 2.36. The molecule has 2 N–H and O–H groups in total. The van der Waals surface area contributed by atoms with Gasteiger partial charge in [0, 0.05) is 12.1 Å². The van der Waals surface area contributed by atoms with Crippen LogP contribution in [0, 0.1) is 5.82 Å². The molecule has 8 heteroatoms. The number of likely N-dealkylation sites (tertiary alicyclic amines) is 1.